The van der Waals surface area contributed by atoms with Crippen molar-refractivity contribution in [2.24, 2.45) is 11.8 Å². The van der Waals surface area contributed by atoms with E-state index in [0.29, 0.717) is 19.0 Å². The maximum atomic E-state index is 12.1. The quantitative estimate of drug-likeness (QED) is 0.818. The van der Waals surface area contributed by atoms with Crippen molar-refractivity contribution in [3.63, 3.8) is 0 Å². The molecule has 2 fully saturated rings. The zero-order valence-electron chi connectivity index (χ0n) is 12.9. The molecule has 2 saturated heterocycles. The maximum Gasteiger partial charge on any atom is 0.317 e. The van der Waals surface area contributed by atoms with Crippen molar-refractivity contribution in [3.05, 3.63) is 0 Å². The van der Waals surface area contributed by atoms with Crippen LogP contribution in [0.5, 0.6) is 0 Å². The number of piperidine rings is 2. The average molecular weight is 297 g/mol. The Kier molecular flexibility index (Phi) is 5.85. The van der Waals surface area contributed by atoms with Gasteiger partial charge in [0.05, 0.1) is 0 Å². The molecule has 0 aromatic carbocycles. The summed E-state index contributed by atoms with van der Waals surface area (Å²) < 4.78 is 0. The smallest absolute Gasteiger partial charge is 0.317 e. The van der Waals surface area contributed by atoms with E-state index in [9.17, 15) is 9.59 Å². The second-order valence-electron chi connectivity index (χ2n) is 6.48. The molecule has 2 aliphatic rings. The highest BCUT2D eigenvalue weighted by Crippen LogP contribution is 2.20. The molecule has 120 valence electrons. The molecule has 0 aliphatic carbocycles. The number of carboxylic acids is 1. The van der Waals surface area contributed by atoms with Gasteiger partial charge in [-0.2, -0.15) is 0 Å². The number of carbonyl (C=O) groups is 2. The van der Waals surface area contributed by atoms with Gasteiger partial charge in [0, 0.05) is 32.6 Å². The Balaban J connectivity index is 1.66. The predicted octanol–water partition coefficient (Wildman–Crippen LogP) is 1.22. The van der Waals surface area contributed by atoms with Crippen LogP contribution in [0.3, 0.4) is 0 Å². The Morgan fingerprint density at radius 2 is 1.86 bits per heavy atom. The number of hydrogen-bond acceptors (Lipinski definition) is 3. The van der Waals surface area contributed by atoms with Gasteiger partial charge in [0.25, 0.3) is 0 Å². The maximum absolute atomic E-state index is 12.1. The lowest BCUT2D eigenvalue weighted by Gasteiger charge is -2.33. The molecule has 21 heavy (non-hydrogen) atoms. The second-order valence-corrected chi connectivity index (χ2v) is 6.48. The highest BCUT2D eigenvalue weighted by Gasteiger charge is 2.25. The lowest BCUT2D eigenvalue weighted by atomic mass is 9.94. The zero-order valence-corrected chi connectivity index (χ0v) is 12.9. The molecule has 1 unspecified atom stereocenters. The highest BCUT2D eigenvalue weighted by molar-refractivity contribution is 5.74. The number of likely N-dealkylation sites (tertiary alicyclic amines) is 2. The SMILES string of the molecule is CN1CCCC(CNC(=O)N2CCC(CC(=O)O)CC2)C1. The molecular formula is C15H27N3O3. The molecule has 0 aromatic rings. The van der Waals surface area contributed by atoms with E-state index in [0.717, 1.165) is 32.5 Å². The van der Waals surface area contributed by atoms with Crippen LogP contribution in [0.4, 0.5) is 4.79 Å². The second kappa shape index (κ2) is 7.64. The summed E-state index contributed by atoms with van der Waals surface area (Å²) in [5.74, 6) is 0.0371. The molecule has 2 rings (SSSR count). The van der Waals surface area contributed by atoms with Crippen molar-refractivity contribution in [3.8, 4) is 0 Å². The Morgan fingerprint density at radius 1 is 1.14 bits per heavy atom. The molecule has 2 amide bonds. The Hall–Kier alpha value is -1.30. The van der Waals surface area contributed by atoms with E-state index in [2.05, 4.69) is 17.3 Å². The number of nitrogens with one attached hydrogen (secondary N) is 1. The summed E-state index contributed by atoms with van der Waals surface area (Å²) in [7, 11) is 2.13. The van der Waals surface area contributed by atoms with Gasteiger partial charge in [-0.15, -0.1) is 0 Å². The van der Waals surface area contributed by atoms with Crippen molar-refractivity contribution in [1.29, 1.82) is 0 Å². The predicted molar refractivity (Wildman–Crippen MR) is 80.2 cm³/mol. The number of rotatable bonds is 4. The number of amides is 2. The van der Waals surface area contributed by atoms with Gasteiger partial charge in [-0.1, -0.05) is 0 Å². The average Bonchev–Trinajstić information content (AvgIpc) is 2.45. The molecule has 0 radical (unpaired) electrons. The van der Waals surface area contributed by atoms with Gasteiger partial charge in [0.2, 0.25) is 0 Å². The van der Waals surface area contributed by atoms with Gasteiger partial charge in [-0.05, 0) is 51.1 Å². The molecule has 6 nitrogen and oxygen atoms in total. The summed E-state index contributed by atoms with van der Waals surface area (Å²) in [5, 5.41) is 11.8. The van der Waals surface area contributed by atoms with Gasteiger partial charge in [0.1, 0.15) is 0 Å². The summed E-state index contributed by atoms with van der Waals surface area (Å²) in [6, 6.07) is 0.0111. The monoisotopic (exact) mass is 297 g/mol. The van der Waals surface area contributed by atoms with E-state index in [4.69, 9.17) is 5.11 Å². The van der Waals surface area contributed by atoms with Gasteiger partial charge in [-0.3, -0.25) is 4.79 Å². The van der Waals surface area contributed by atoms with Crippen molar-refractivity contribution in [2.45, 2.75) is 32.1 Å². The standard InChI is InChI=1S/C15H27N3O3/c1-17-6-2-3-13(11-17)10-16-15(21)18-7-4-12(5-8-18)9-14(19)20/h12-13H,2-11H2,1H3,(H,16,21)(H,19,20). The third-order valence-corrected chi connectivity index (χ3v) is 4.63. The summed E-state index contributed by atoms with van der Waals surface area (Å²) in [6.45, 7) is 4.31. The van der Waals surface area contributed by atoms with Gasteiger partial charge in [0.15, 0.2) is 0 Å². The van der Waals surface area contributed by atoms with Crippen molar-refractivity contribution in [2.75, 3.05) is 39.8 Å². The van der Waals surface area contributed by atoms with Gasteiger partial charge in [-0.25, -0.2) is 4.79 Å². The van der Waals surface area contributed by atoms with Crippen LogP contribution in [-0.4, -0.2) is 66.7 Å². The molecule has 2 aliphatic heterocycles. The topological polar surface area (TPSA) is 72.9 Å². The largest absolute Gasteiger partial charge is 0.481 e. The minimum Gasteiger partial charge on any atom is -0.481 e. The van der Waals surface area contributed by atoms with Gasteiger partial charge < -0.3 is 20.2 Å². The van der Waals surface area contributed by atoms with Crippen LogP contribution >= 0.6 is 0 Å². The van der Waals surface area contributed by atoms with E-state index in [-0.39, 0.29) is 18.4 Å². The van der Waals surface area contributed by atoms with Crippen molar-refractivity contribution >= 4 is 12.0 Å². The summed E-state index contributed by atoms with van der Waals surface area (Å²) in [6.07, 6.45) is 4.21. The molecular weight excluding hydrogens is 270 g/mol. The van der Waals surface area contributed by atoms with Crippen LogP contribution in [0, 0.1) is 11.8 Å². The highest BCUT2D eigenvalue weighted by atomic mass is 16.4. The van der Waals surface area contributed by atoms with Crippen LogP contribution in [0.2, 0.25) is 0 Å². The third-order valence-electron chi connectivity index (χ3n) is 4.63. The molecule has 1 atom stereocenters. The van der Waals surface area contributed by atoms with E-state index in [1.807, 2.05) is 4.90 Å². The van der Waals surface area contributed by atoms with E-state index < -0.39 is 5.97 Å². The fourth-order valence-corrected chi connectivity index (χ4v) is 3.37. The number of nitrogens with zero attached hydrogens (tertiary/aromatic N) is 2. The summed E-state index contributed by atoms with van der Waals surface area (Å²) in [4.78, 5) is 27.0. The first kappa shape index (κ1) is 16.1. The van der Waals surface area contributed by atoms with E-state index in [1.165, 1.54) is 12.8 Å². The summed E-state index contributed by atoms with van der Waals surface area (Å²) >= 11 is 0. The zero-order chi connectivity index (χ0) is 15.2. The van der Waals surface area contributed by atoms with Gasteiger partial charge >= 0.3 is 12.0 Å². The lowest BCUT2D eigenvalue weighted by Crippen LogP contribution is -2.47. The molecule has 0 spiro atoms. The fourth-order valence-electron chi connectivity index (χ4n) is 3.37. The first-order valence-corrected chi connectivity index (χ1v) is 7.97. The van der Waals surface area contributed by atoms with E-state index in [1.54, 1.807) is 0 Å². The number of hydrogen-bond donors (Lipinski definition) is 2. The van der Waals surface area contributed by atoms with E-state index >= 15 is 0 Å². The van der Waals surface area contributed by atoms with Crippen LogP contribution in [-0.2, 0) is 4.79 Å². The van der Waals surface area contributed by atoms with Crippen LogP contribution in [0.1, 0.15) is 32.1 Å². The molecule has 2 N–H and O–H groups in total. The first-order chi connectivity index (χ1) is 10.0. The number of carboxylic acid groups (broad SMARTS) is 1. The van der Waals surface area contributed by atoms with Crippen LogP contribution < -0.4 is 5.32 Å². The van der Waals surface area contributed by atoms with Crippen LogP contribution in [0.15, 0.2) is 0 Å². The Morgan fingerprint density at radius 3 is 2.48 bits per heavy atom. The molecule has 0 saturated carbocycles. The normalized spacial score (nSPS) is 24.8. The Bertz CT molecular complexity index is 367. The first-order valence-electron chi connectivity index (χ1n) is 7.97. The van der Waals surface area contributed by atoms with Crippen LogP contribution in [0.25, 0.3) is 0 Å². The third kappa shape index (κ3) is 5.19. The lowest BCUT2D eigenvalue weighted by molar-refractivity contribution is -0.138. The Labute approximate surface area is 126 Å². The molecule has 0 bridgehead atoms. The van der Waals surface area contributed by atoms with Crippen molar-refractivity contribution in [1.82, 2.24) is 15.1 Å². The minimum atomic E-state index is -0.737. The summed E-state index contributed by atoms with van der Waals surface area (Å²) in [5.41, 5.74) is 0. The van der Waals surface area contributed by atoms with Crippen molar-refractivity contribution < 1.29 is 14.7 Å². The number of aliphatic carboxylic acids is 1. The molecule has 6 heteroatoms. The molecule has 0 aromatic heterocycles. The molecule has 2 heterocycles. The number of urea groups is 1. The number of carbonyl (C=O) groups excluding carboxylic acids is 1. The minimum absolute atomic E-state index is 0.0111. The fraction of sp³-hybridized carbons (Fsp3) is 0.867.